The number of benzene rings is 1. The van der Waals surface area contributed by atoms with Crippen LogP contribution in [0, 0.1) is 5.92 Å². The molecule has 6 nitrogen and oxygen atoms in total. The van der Waals surface area contributed by atoms with Crippen molar-refractivity contribution in [3.63, 3.8) is 0 Å². The van der Waals surface area contributed by atoms with Crippen LogP contribution in [0.25, 0.3) is 0 Å². The zero-order chi connectivity index (χ0) is 19.3. The third-order valence-electron chi connectivity index (χ3n) is 4.55. The number of sulfonamides is 1. The van der Waals surface area contributed by atoms with Crippen LogP contribution in [0.15, 0.2) is 46.0 Å². The number of piperidine rings is 1. The Morgan fingerprint density at radius 3 is 2.74 bits per heavy atom. The van der Waals surface area contributed by atoms with Gasteiger partial charge < -0.3 is 10.1 Å². The molecule has 1 aromatic carbocycles. The van der Waals surface area contributed by atoms with Gasteiger partial charge in [-0.25, -0.2) is 8.42 Å². The number of thiophene rings is 1. The highest BCUT2D eigenvalue weighted by Crippen LogP contribution is 2.26. The van der Waals surface area contributed by atoms with Crippen LogP contribution in [0.5, 0.6) is 5.75 Å². The maximum absolute atomic E-state index is 12.7. The van der Waals surface area contributed by atoms with Crippen LogP contribution in [-0.4, -0.2) is 38.3 Å². The fraction of sp³-hybridized carbons (Fsp3) is 0.421. The molecule has 1 amide bonds. The molecule has 146 valence electrons. The van der Waals surface area contributed by atoms with Crippen molar-refractivity contribution in [3.05, 3.63) is 47.3 Å². The summed E-state index contributed by atoms with van der Waals surface area (Å²) in [5, 5.41) is 4.68. The van der Waals surface area contributed by atoms with Gasteiger partial charge in [0.05, 0.1) is 12.5 Å². The second-order valence-corrected chi connectivity index (χ2v) is 9.54. The highest BCUT2D eigenvalue weighted by atomic mass is 32.2. The molecule has 0 aliphatic carbocycles. The monoisotopic (exact) mass is 408 g/mol. The molecule has 8 heteroatoms. The lowest BCUT2D eigenvalue weighted by Gasteiger charge is -2.30. The minimum Gasteiger partial charge on any atom is -0.494 e. The molecule has 1 aromatic heterocycles. The predicted molar refractivity (Wildman–Crippen MR) is 105 cm³/mol. The fourth-order valence-electron chi connectivity index (χ4n) is 3.12. The Morgan fingerprint density at radius 1 is 1.30 bits per heavy atom. The molecule has 27 heavy (non-hydrogen) atoms. The Kier molecular flexibility index (Phi) is 6.51. The van der Waals surface area contributed by atoms with Gasteiger partial charge in [-0.2, -0.15) is 4.31 Å². The van der Waals surface area contributed by atoms with Gasteiger partial charge >= 0.3 is 0 Å². The van der Waals surface area contributed by atoms with Gasteiger partial charge in [0.15, 0.2) is 0 Å². The van der Waals surface area contributed by atoms with E-state index in [9.17, 15) is 13.2 Å². The third-order valence-corrected chi connectivity index (χ3v) is 7.78. The molecule has 0 spiro atoms. The SMILES string of the molecule is CCOc1ccc(CNC(=O)[C@H]2CCCN(S(=O)(=O)c3cccs3)C2)cc1. The van der Waals surface area contributed by atoms with E-state index in [1.807, 2.05) is 31.2 Å². The number of hydrogen-bond acceptors (Lipinski definition) is 5. The van der Waals surface area contributed by atoms with Crippen LogP contribution in [0.1, 0.15) is 25.3 Å². The van der Waals surface area contributed by atoms with Crippen molar-refractivity contribution in [3.8, 4) is 5.75 Å². The van der Waals surface area contributed by atoms with Crippen LogP contribution in [-0.2, 0) is 21.4 Å². The average molecular weight is 409 g/mol. The molecule has 1 saturated heterocycles. The summed E-state index contributed by atoms with van der Waals surface area (Å²) in [5.74, 6) is 0.375. The quantitative estimate of drug-likeness (QED) is 0.764. The summed E-state index contributed by atoms with van der Waals surface area (Å²) in [6.07, 6.45) is 1.39. The van der Waals surface area contributed by atoms with E-state index in [-0.39, 0.29) is 18.4 Å². The van der Waals surface area contributed by atoms with E-state index < -0.39 is 10.0 Å². The van der Waals surface area contributed by atoms with Crippen LogP contribution in [0.4, 0.5) is 0 Å². The van der Waals surface area contributed by atoms with Crippen molar-refractivity contribution in [2.75, 3.05) is 19.7 Å². The maximum atomic E-state index is 12.7. The topological polar surface area (TPSA) is 75.7 Å². The highest BCUT2D eigenvalue weighted by molar-refractivity contribution is 7.91. The molecule has 1 fully saturated rings. The smallest absolute Gasteiger partial charge is 0.252 e. The number of ether oxygens (including phenoxy) is 1. The lowest BCUT2D eigenvalue weighted by Crippen LogP contribution is -2.45. The molecule has 0 bridgehead atoms. The van der Waals surface area contributed by atoms with Crippen molar-refractivity contribution in [1.82, 2.24) is 9.62 Å². The molecule has 1 aliphatic rings. The summed E-state index contributed by atoms with van der Waals surface area (Å²) >= 11 is 1.20. The number of nitrogens with one attached hydrogen (secondary N) is 1. The lowest BCUT2D eigenvalue weighted by atomic mass is 9.99. The van der Waals surface area contributed by atoms with Gasteiger partial charge in [0, 0.05) is 19.6 Å². The minimum absolute atomic E-state index is 0.102. The van der Waals surface area contributed by atoms with E-state index in [2.05, 4.69) is 5.32 Å². The molecule has 0 unspecified atom stereocenters. The molecule has 0 radical (unpaired) electrons. The average Bonchev–Trinajstić information content (AvgIpc) is 3.23. The van der Waals surface area contributed by atoms with Gasteiger partial charge in [0.25, 0.3) is 10.0 Å². The minimum atomic E-state index is -3.50. The van der Waals surface area contributed by atoms with Gasteiger partial charge in [-0.05, 0) is 48.9 Å². The highest BCUT2D eigenvalue weighted by Gasteiger charge is 2.33. The Morgan fingerprint density at radius 2 is 2.07 bits per heavy atom. The van der Waals surface area contributed by atoms with Crippen molar-refractivity contribution in [2.24, 2.45) is 5.92 Å². The third kappa shape index (κ3) is 4.88. The van der Waals surface area contributed by atoms with Crippen molar-refractivity contribution < 1.29 is 17.9 Å². The zero-order valence-corrected chi connectivity index (χ0v) is 16.9. The lowest BCUT2D eigenvalue weighted by molar-refractivity contribution is -0.126. The van der Waals surface area contributed by atoms with Crippen LogP contribution in [0.2, 0.25) is 0 Å². The second kappa shape index (κ2) is 8.86. The standard InChI is InChI=1S/C19H24N2O4S2/c1-2-25-17-9-7-15(8-10-17)13-20-19(22)16-5-3-11-21(14-16)27(23,24)18-6-4-12-26-18/h4,6-10,12,16H,2-3,5,11,13-14H2,1H3,(H,20,22)/t16-/m0/s1. The fourth-order valence-corrected chi connectivity index (χ4v) is 5.78. The summed E-state index contributed by atoms with van der Waals surface area (Å²) in [7, 11) is -3.50. The molecule has 0 saturated carbocycles. The molecule has 3 rings (SSSR count). The Hall–Kier alpha value is -1.90. The second-order valence-electron chi connectivity index (χ2n) is 6.43. The number of rotatable bonds is 7. The maximum Gasteiger partial charge on any atom is 0.252 e. The number of carbonyl (C=O) groups is 1. The van der Waals surface area contributed by atoms with Gasteiger partial charge in [0.1, 0.15) is 9.96 Å². The van der Waals surface area contributed by atoms with E-state index in [4.69, 9.17) is 4.74 Å². The number of amides is 1. The van der Waals surface area contributed by atoms with E-state index in [0.717, 1.165) is 11.3 Å². The summed E-state index contributed by atoms with van der Waals surface area (Å²) in [6.45, 7) is 3.65. The molecular weight excluding hydrogens is 384 g/mol. The molecule has 1 atom stereocenters. The Bertz CT molecular complexity index is 848. The van der Waals surface area contributed by atoms with Crippen molar-refractivity contribution in [1.29, 1.82) is 0 Å². The molecule has 2 aromatic rings. The summed E-state index contributed by atoms with van der Waals surface area (Å²) in [4.78, 5) is 12.5. The first-order chi connectivity index (χ1) is 13.0. The van der Waals surface area contributed by atoms with E-state index in [1.165, 1.54) is 15.6 Å². The van der Waals surface area contributed by atoms with Gasteiger partial charge in [-0.15, -0.1) is 11.3 Å². The number of carbonyl (C=O) groups excluding carboxylic acids is 1. The van der Waals surface area contributed by atoms with E-state index in [0.29, 0.717) is 36.7 Å². The van der Waals surface area contributed by atoms with Crippen molar-refractivity contribution >= 4 is 27.3 Å². The number of nitrogens with zero attached hydrogens (tertiary/aromatic N) is 1. The van der Waals surface area contributed by atoms with Crippen molar-refractivity contribution in [2.45, 2.75) is 30.5 Å². The molecule has 1 aliphatic heterocycles. The van der Waals surface area contributed by atoms with Gasteiger partial charge in [-0.3, -0.25) is 4.79 Å². The summed E-state index contributed by atoms with van der Waals surface area (Å²) in [5.41, 5.74) is 0.977. The summed E-state index contributed by atoms with van der Waals surface area (Å²) < 4.78 is 32.5. The zero-order valence-electron chi connectivity index (χ0n) is 15.3. The number of hydrogen-bond donors (Lipinski definition) is 1. The van der Waals surface area contributed by atoms with E-state index >= 15 is 0 Å². The molecule has 1 N–H and O–H groups in total. The molecule has 2 heterocycles. The van der Waals surface area contributed by atoms with Crippen LogP contribution >= 0.6 is 11.3 Å². The predicted octanol–water partition coefficient (Wildman–Crippen LogP) is 2.86. The summed E-state index contributed by atoms with van der Waals surface area (Å²) in [6, 6.07) is 10.9. The molecular formula is C19H24N2O4S2. The first-order valence-electron chi connectivity index (χ1n) is 9.04. The van der Waals surface area contributed by atoms with Gasteiger partial charge in [-0.1, -0.05) is 18.2 Å². The normalized spacial score (nSPS) is 18.2. The Balaban J connectivity index is 1.57. The van der Waals surface area contributed by atoms with Gasteiger partial charge in [0.2, 0.25) is 5.91 Å². The largest absolute Gasteiger partial charge is 0.494 e. The van der Waals surface area contributed by atoms with Crippen LogP contribution < -0.4 is 10.1 Å². The van der Waals surface area contributed by atoms with E-state index in [1.54, 1.807) is 17.5 Å². The first kappa shape index (κ1) is 19.9. The Labute approximate surface area is 164 Å². The van der Waals surface area contributed by atoms with Crippen LogP contribution in [0.3, 0.4) is 0 Å². The first-order valence-corrected chi connectivity index (χ1v) is 11.4.